The molecular formula is C22H18F3N5O4. The van der Waals surface area contributed by atoms with Gasteiger partial charge in [0, 0.05) is 44.8 Å². The Morgan fingerprint density at radius 2 is 1.85 bits per heavy atom. The number of hydrogen-bond donors (Lipinski definition) is 1. The second-order valence-corrected chi connectivity index (χ2v) is 7.34. The number of piperazine rings is 1. The second kappa shape index (κ2) is 9.30. The predicted molar refractivity (Wildman–Crippen MR) is 117 cm³/mol. The van der Waals surface area contributed by atoms with Gasteiger partial charge in [0.05, 0.1) is 17.4 Å². The summed E-state index contributed by atoms with van der Waals surface area (Å²) < 4.78 is 48.0. The van der Waals surface area contributed by atoms with Gasteiger partial charge in [0.25, 0.3) is 0 Å². The van der Waals surface area contributed by atoms with Gasteiger partial charge in [0.15, 0.2) is 11.6 Å². The first-order chi connectivity index (χ1) is 16.3. The van der Waals surface area contributed by atoms with E-state index < -0.39 is 40.5 Å². The molecule has 0 unspecified atom stereocenters. The number of carbonyl (C=O) groups is 1. The molecule has 0 saturated carbocycles. The molecule has 3 aromatic rings. The highest BCUT2D eigenvalue weighted by Crippen LogP contribution is 2.39. The summed E-state index contributed by atoms with van der Waals surface area (Å²) in [4.78, 5) is 35.9. The minimum absolute atomic E-state index is 0.210. The first-order valence-electron chi connectivity index (χ1n) is 10.1. The molecule has 12 heteroatoms. The largest absolute Gasteiger partial charge is 0.477 e. The number of anilines is 2. The van der Waals surface area contributed by atoms with Crippen molar-refractivity contribution in [3.63, 3.8) is 0 Å². The average molecular weight is 473 g/mol. The summed E-state index contributed by atoms with van der Waals surface area (Å²) in [5.74, 6) is -0.385. The first kappa shape index (κ1) is 22.9. The number of benzene rings is 1. The molecule has 0 spiro atoms. The van der Waals surface area contributed by atoms with Crippen LogP contribution >= 0.6 is 0 Å². The van der Waals surface area contributed by atoms with E-state index in [-0.39, 0.29) is 30.8 Å². The first-order valence-corrected chi connectivity index (χ1v) is 10.1. The monoisotopic (exact) mass is 473 g/mol. The van der Waals surface area contributed by atoms with Gasteiger partial charge in [-0.25, -0.2) is 19.2 Å². The van der Waals surface area contributed by atoms with Crippen molar-refractivity contribution in [2.24, 2.45) is 0 Å². The lowest BCUT2D eigenvalue weighted by Crippen LogP contribution is -2.47. The molecule has 176 valence electrons. The number of terminal acetylenes is 1. The molecule has 9 nitrogen and oxygen atoms in total. The summed E-state index contributed by atoms with van der Waals surface area (Å²) in [6, 6.07) is 2.50. The number of aromatic carboxylic acids is 1. The molecular weight excluding hydrogens is 455 g/mol. The van der Waals surface area contributed by atoms with E-state index in [1.165, 1.54) is 4.90 Å². The summed E-state index contributed by atoms with van der Waals surface area (Å²) >= 11 is 0. The number of nitrogens with zero attached hydrogens (tertiary/aromatic N) is 5. The van der Waals surface area contributed by atoms with Crippen LogP contribution in [0.3, 0.4) is 0 Å². The molecule has 4 rings (SSSR count). The van der Waals surface area contributed by atoms with Crippen LogP contribution in [0.15, 0.2) is 35.5 Å². The van der Waals surface area contributed by atoms with E-state index >= 15 is 4.39 Å². The molecule has 34 heavy (non-hydrogen) atoms. The molecule has 2 aromatic heterocycles. The Hall–Kier alpha value is -4.27. The van der Waals surface area contributed by atoms with Crippen molar-refractivity contribution in [1.29, 1.82) is 0 Å². The van der Waals surface area contributed by atoms with Crippen LogP contribution in [0.5, 0.6) is 5.75 Å². The third-order valence-electron chi connectivity index (χ3n) is 5.37. The predicted octanol–water partition coefficient (Wildman–Crippen LogP) is 2.19. The number of halogens is 3. The summed E-state index contributed by atoms with van der Waals surface area (Å²) in [5, 5.41) is 8.92. The van der Waals surface area contributed by atoms with Crippen molar-refractivity contribution < 1.29 is 27.8 Å². The maximum atomic E-state index is 15.3. The van der Waals surface area contributed by atoms with Crippen molar-refractivity contribution in [1.82, 2.24) is 14.5 Å². The van der Waals surface area contributed by atoms with Gasteiger partial charge in [-0.1, -0.05) is 5.92 Å². The Kier molecular flexibility index (Phi) is 6.27. The molecule has 0 bridgehead atoms. The van der Waals surface area contributed by atoms with Crippen LogP contribution in [0.2, 0.25) is 0 Å². The highest BCUT2D eigenvalue weighted by molar-refractivity contribution is 5.97. The smallest absolute Gasteiger partial charge is 0.387 e. The number of carboxylic acids is 1. The minimum Gasteiger partial charge on any atom is -0.477 e. The van der Waals surface area contributed by atoms with Crippen molar-refractivity contribution in [2.45, 2.75) is 13.2 Å². The Bertz CT molecular complexity index is 1330. The topological polar surface area (TPSA) is 101 Å². The van der Waals surface area contributed by atoms with Crippen LogP contribution in [0.4, 0.5) is 24.8 Å². The van der Waals surface area contributed by atoms with E-state index in [2.05, 4.69) is 15.9 Å². The highest BCUT2D eigenvalue weighted by atomic mass is 19.3. The molecule has 1 fully saturated rings. The lowest BCUT2D eigenvalue weighted by Gasteiger charge is -2.37. The van der Waals surface area contributed by atoms with Gasteiger partial charge < -0.3 is 24.2 Å². The number of fused-ring (bicyclic) bond motifs is 1. The molecule has 3 heterocycles. The zero-order chi connectivity index (χ0) is 24.4. The van der Waals surface area contributed by atoms with Crippen molar-refractivity contribution in [3.05, 3.63) is 52.3 Å². The normalized spacial score (nSPS) is 13.9. The Labute approximate surface area is 191 Å². The quantitative estimate of drug-likeness (QED) is 0.544. The number of ether oxygens (including phenoxy) is 1. The molecule has 1 aromatic carbocycles. The molecule has 1 aliphatic heterocycles. The van der Waals surface area contributed by atoms with Crippen LogP contribution in [0.25, 0.3) is 10.9 Å². The third kappa shape index (κ3) is 4.19. The van der Waals surface area contributed by atoms with Crippen LogP contribution in [0.1, 0.15) is 10.4 Å². The van der Waals surface area contributed by atoms with Crippen molar-refractivity contribution in [2.75, 3.05) is 36.0 Å². The number of alkyl halides is 2. The Morgan fingerprint density at radius 3 is 2.44 bits per heavy atom. The van der Waals surface area contributed by atoms with Crippen LogP contribution in [-0.2, 0) is 6.54 Å². The average Bonchev–Trinajstić information content (AvgIpc) is 2.81. The SMILES string of the molecule is C#CCn1cc(C(=O)O)c(=O)c2cc(F)c(N3CCN(c4ncccn4)CC3)c(OC(F)F)c21. The number of hydrogen-bond acceptors (Lipinski definition) is 7. The Balaban J connectivity index is 1.85. The highest BCUT2D eigenvalue weighted by Gasteiger charge is 2.29. The third-order valence-corrected chi connectivity index (χ3v) is 5.37. The summed E-state index contributed by atoms with van der Waals surface area (Å²) in [6.07, 6.45) is 9.47. The van der Waals surface area contributed by atoms with Gasteiger partial charge in [-0.15, -0.1) is 6.42 Å². The van der Waals surface area contributed by atoms with E-state index in [1.807, 2.05) is 4.90 Å². The summed E-state index contributed by atoms with van der Waals surface area (Å²) in [5.41, 5.74) is -2.19. The van der Waals surface area contributed by atoms with Gasteiger partial charge in [0.2, 0.25) is 11.4 Å². The van der Waals surface area contributed by atoms with E-state index in [9.17, 15) is 23.5 Å². The maximum absolute atomic E-state index is 15.3. The number of carboxylic acid groups (broad SMARTS) is 1. The number of aromatic nitrogens is 3. The maximum Gasteiger partial charge on any atom is 0.387 e. The fourth-order valence-electron chi connectivity index (χ4n) is 3.94. The Morgan fingerprint density at radius 1 is 1.21 bits per heavy atom. The second-order valence-electron chi connectivity index (χ2n) is 7.34. The molecule has 1 aliphatic rings. The van der Waals surface area contributed by atoms with Gasteiger partial charge >= 0.3 is 12.6 Å². The standard InChI is InChI=1S/C22H18F3N5O4/c1-2-6-30-12-14(20(32)33)18(31)13-11-15(23)17(19(16(13)30)34-21(24)25)28-7-9-29(10-8-28)22-26-4-3-5-27-22/h1,3-5,11-12,21H,6-10H2,(H,32,33). The van der Waals surface area contributed by atoms with E-state index in [1.54, 1.807) is 18.5 Å². The zero-order valence-electron chi connectivity index (χ0n) is 17.6. The van der Waals surface area contributed by atoms with E-state index in [0.29, 0.717) is 19.0 Å². The van der Waals surface area contributed by atoms with Crippen LogP contribution in [0, 0.1) is 18.2 Å². The van der Waals surface area contributed by atoms with Gasteiger partial charge in [-0.2, -0.15) is 8.78 Å². The van der Waals surface area contributed by atoms with E-state index in [0.717, 1.165) is 16.8 Å². The van der Waals surface area contributed by atoms with Crippen molar-refractivity contribution in [3.8, 4) is 18.1 Å². The lowest BCUT2D eigenvalue weighted by molar-refractivity contribution is -0.0488. The fourth-order valence-corrected chi connectivity index (χ4v) is 3.94. The fraction of sp³-hybridized carbons (Fsp3) is 0.273. The van der Waals surface area contributed by atoms with Gasteiger partial charge in [-0.05, 0) is 12.1 Å². The summed E-state index contributed by atoms with van der Waals surface area (Å²) in [7, 11) is 0. The zero-order valence-corrected chi connectivity index (χ0v) is 17.6. The summed E-state index contributed by atoms with van der Waals surface area (Å²) in [6.45, 7) is -2.44. The van der Waals surface area contributed by atoms with E-state index in [4.69, 9.17) is 11.2 Å². The van der Waals surface area contributed by atoms with Crippen molar-refractivity contribution >= 4 is 28.5 Å². The van der Waals surface area contributed by atoms with Gasteiger partial charge in [-0.3, -0.25) is 4.79 Å². The number of rotatable bonds is 6. The molecule has 0 radical (unpaired) electrons. The van der Waals surface area contributed by atoms with Crippen LogP contribution < -0.4 is 20.0 Å². The minimum atomic E-state index is -3.34. The molecule has 1 N–H and O–H groups in total. The van der Waals surface area contributed by atoms with Gasteiger partial charge in [0.1, 0.15) is 11.3 Å². The van der Waals surface area contributed by atoms with Crippen LogP contribution in [-0.4, -0.2) is 58.4 Å². The molecule has 0 amide bonds. The number of pyridine rings is 1. The molecule has 1 saturated heterocycles. The molecule has 0 aliphatic carbocycles. The molecule has 0 atom stereocenters. The lowest BCUT2D eigenvalue weighted by atomic mass is 10.1.